The van der Waals surface area contributed by atoms with Crippen molar-refractivity contribution in [1.82, 2.24) is 9.84 Å². The normalized spacial score (nSPS) is 14.8. The molecule has 1 aromatic rings. The van der Waals surface area contributed by atoms with Crippen molar-refractivity contribution < 1.29 is 0 Å². The first kappa shape index (κ1) is 7.42. The van der Waals surface area contributed by atoms with Gasteiger partial charge in [-0.2, -0.15) is 4.41 Å². The molecule has 1 aromatic carbocycles. The summed E-state index contributed by atoms with van der Waals surface area (Å²) >= 11 is 1.56. The number of benzene rings is 1. The van der Waals surface area contributed by atoms with Crippen molar-refractivity contribution in [2.75, 3.05) is 6.67 Å². The Morgan fingerprint density at radius 3 is 2.83 bits per heavy atom. The molecule has 0 radical (unpaired) electrons. The summed E-state index contributed by atoms with van der Waals surface area (Å²) < 4.78 is 1.79. The molecule has 0 saturated heterocycles. The molecule has 12 heavy (non-hydrogen) atoms. The van der Waals surface area contributed by atoms with Gasteiger partial charge >= 0.3 is 0 Å². The molecule has 0 aromatic heterocycles. The molecule has 1 heterocycles. The van der Waals surface area contributed by atoms with E-state index in [1.165, 1.54) is 4.90 Å². The molecule has 0 aliphatic carbocycles. The first-order valence-corrected chi connectivity index (χ1v) is 4.36. The number of nitrogens with zero attached hydrogens (tertiary/aromatic N) is 3. The molecule has 0 fully saturated rings. The van der Waals surface area contributed by atoms with Crippen LogP contribution in [0.25, 0.3) is 0 Å². The molecular formula is C7H8N4S. The van der Waals surface area contributed by atoms with Gasteiger partial charge in [0.15, 0.2) is 0 Å². The molecule has 0 saturated carbocycles. The average Bonchev–Trinajstić information content (AvgIpc) is 2.59. The molecule has 0 amide bonds. The van der Waals surface area contributed by atoms with E-state index < -0.39 is 0 Å². The third kappa shape index (κ3) is 1.68. The van der Waals surface area contributed by atoms with Crippen LogP contribution in [0.2, 0.25) is 0 Å². The molecule has 1 N–H and O–H groups in total. The van der Waals surface area contributed by atoms with Gasteiger partial charge in [0.2, 0.25) is 0 Å². The lowest BCUT2D eigenvalue weighted by Gasteiger charge is -2.07. The fourth-order valence-corrected chi connectivity index (χ4v) is 1.58. The molecule has 0 atom stereocenters. The highest BCUT2D eigenvalue weighted by Gasteiger charge is 2.07. The highest BCUT2D eigenvalue weighted by Crippen LogP contribution is 2.22. The second-order valence-corrected chi connectivity index (χ2v) is 3.34. The maximum absolute atomic E-state index is 3.84. The molecule has 62 valence electrons. The molecule has 2 rings (SSSR count). The summed E-state index contributed by atoms with van der Waals surface area (Å²) in [6.45, 7) is 0.666. The van der Waals surface area contributed by atoms with E-state index in [9.17, 15) is 0 Å². The van der Waals surface area contributed by atoms with Gasteiger partial charge in [-0.3, -0.25) is 5.43 Å². The van der Waals surface area contributed by atoms with Crippen LogP contribution in [0.3, 0.4) is 0 Å². The third-order valence-electron chi connectivity index (χ3n) is 1.38. The van der Waals surface area contributed by atoms with Crippen molar-refractivity contribution >= 4 is 11.9 Å². The van der Waals surface area contributed by atoms with E-state index in [2.05, 4.69) is 15.9 Å². The zero-order valence-corrected chi connectivity index (χ0v) is 7.16. The van der Waals surface area contributed by atoms with Crippen LogP contribution in [-0.2, 0) is 0 Å². The van der Waals surface area contributed by atoms with Crippen molar-refractivity contribution in [1.29, 1.82) is 0 Å². The third-order valence-corrected chi connectivity index (χ3v) is 2.27. The summed E-state index contributed by atoms with van der Waals surface area (Å²) in [5, 5.41) is 7.48. The first-order chi connectivity index (χ1) is 5.95. The molecular weight excluding hydrogens is 172 g/mol. The van der Waals surface area contributed by atoms with Crippen LogP contribution in [0.1, 0.15) is 0 Å². The van der Waals surface area contributed by atoms with Crippen LogP contribution >= 0.6 is 11.9 Å². The monoisotopic (exact) mass is 180 g/mol. The van der Waals surface area contributed by atoms with E-state index in [-0.39, 0.29) is 0 Å². The Hall–Kier alpha value is -1.23. The Morgan fingerprint density at radius 1 is 1.33 bits per heavy atom. The molecule has 0 spiro atoms. The van der Waals surface area contributed by atoms with Gasteiger partial charge in [0.1, 0.15) is 6.67 Å². The Labute approximate surface area is 74.7 Å². The Bertz CT molecular complexity index is 274. The fourth-order valence-electron chi connectivity index (χ4n) is 0.859. The standard InChI is InChI=1S/C7H8N4S/c1-2-4-7(5-3-1)12-11-6-8-9-10-11/h1-5H,6H2,(H,8,10). The summed E-state index contributed by atoms with van der Waals surface area (Å²) in [6.07, 6.45) is 0. The molecule has 1 aliphatic rings. The van der Waals surface area contributed by atoms with E-state index in [0.29, 0.717) is 6.67 Å². The van der Waals surface area contributed by atoms with Crippen molar-refractivity contribution in [3.8, 4) is 0 Å². The van der Waals surface area contributed by atoms with Crippen LogP contribution in [0.4, 0.5) is 0 Å². The maximum Gasteiger partial charge on any atom is 0.136 e. The molecule has 1 aliphatic heterocycles. The number of nitrogens with one attached hydrogen (secondary N) is 1. The van der Waals surface area contributed by atoms with Gasteiger partial charge in [-0.1, -0.05) is 23.4 Å². The van der Waals surface area contributed by atoms with E-state index >= 15 is 0 Å². The fraction of sp³-hybridized carbons (Fsp3) is 0.143. The predicted molar refractivity (Wildman–Crippen MR) is 47.0 cm³/mol. The number of hydrogen-bond donors (Lipinski definition) is 1. The second-order valence-electron chi connectivity index (χ2n) is 2.26. The van der Waals surface area contributed by atoms with Gasteiger partial charge < -0.3 is 0 Å². The van der Waals surface area contributed by atoms with Gasteiger partial charge in [-0.15, -0.1) is 0 Å². The van der Waals surface area contributed by atoms with Crippen molar-refractivity contribution in [2.45, 2.75) is 4.90 Å². The zero-order chi connectivity index (χ0) is 8.23. The van der Waals surface area contributed by atoms with Gasteiger partial charge in [0.05, 0.1) is 0 Å². The minimum absolute atomic E-state index is 0.666. The van der Waals surface area contributed by atoms with E-state index in [1.807, 2.05) is 30.3 Å². The van der Waals surface area contributed by atoms with E-state index in [0.717, 1.165) is 0 Å². The van der Waals surface area contributed by atoms with Crippen LogP contribution < -0.4 is 5.43 Å². The van der Waals surface area contributed by atoms with Crippen LogP contribution in [0.5, 0.6) is 0 Å². The quantitative estimate of drug-likeness (QED) is 0.706. The Balaban J connectivity index is 1.99. The molecule has 5 heteroatoms. The highest BCUT2D eigenvalue weighted by atomic mass is 32.2. The number of hydrogen-bond acceptors (Lipinski definition) is 5. The topological polar surface area (TPSA) is 40.0 Å². The lowest BCUT2D eigenvalue weighted by Crippen LogP contribution is -2.12. The maximum atomic E-state index is 3.84. The molecule has 0 unspecified atom stereocenters. The lowest BCUT2D eigenvalue weighted by atomic mass is 10.4. The van der Waals surface area contributed by atoms with E-state index in [1.54, 1.807) is 16.4 Å². The minimum Gasteiger partial charge on any atom is -0.268 e. The van der Waals surface area contributed by atoms with Crippen molar-refractivity contribution in [2.24, 2.45) is 10.4 Å². The van der Waals surface area contributed by atoms with Gasteiger partial charge in [0, 0.05) is 16.8 Å². The lowest BCUT2D eigenvalue weighted by molar-refractivity contribution is 0.535. The highest BCUT2D eigenvalue weighted by molar-refractivity contribution is 7.97. The van der Waals surface area contributed by atoms with Gasteiger partial charge in [-0.25, -0.2) is 0 Å². The molecule has 4 nitrogen and oxygen atoms in total. The summed E-state index contributed by atoms with van der Waals surface area (Å²) in [7, 11) is 0. The van der Waals surface area contributed by atoms with Crippen molar-refractivity contribution in [3.05, 3.63) is 30.3 Å². The summed E-state index contributed by atoms with van der Waals surface area (Å²) in [4.78, 5) is 1.17. The SMILES string of the molecule is c1ccc(SN2CNN=N2)cc1. The molecule has 0 bridgehead atoms. The minimum atomic E-state index is 0.666. The van der Waals surface area contributed by atoms with Crippen LogP contribution in [0, 0.1) is 0 Å². The Morgan fingerprint density at radius 2 is 2.17 bits per heavy atom. The van der Waals surface area contributed by atoms with Gasteiger partial charge in [-0.05, 0) is 17.4 Å². The zero-order valence-electron chi connectivity index (χ0n) is 6.34. The second kappa shape index (κ2) is 3.44. The largest absolute Gasteiger partial charge is 0.268 e. The number of rotatable bonds is 2. The Kier molecular flexibility index (Phi) is 2.13. The average molecular weight is 180 g/mol. The summed E-state index contributed by atoms with van der Waals surface area (Å²) in [6, 6.07) is 10.1. The predicted octanol–water partition coefficient (Wildman–Crippen LogP) is 1.84. The van der Waals surface area contributed by atoms with Crippen LogP contribution in [-0.4, -0.2) is 11.1 Å². The smallest absolute Gasteiger partial charge is 0.136 e. The van der Waals surface area contributed by atoms with Crippen molar-refractivity contribution in [3.63, 3.8) is 0 Å². The van der Waals surface area contributed by atoms with E-state index in [4.69, 9.17) is 0 Å². The van der Waals surface area contributed by atoms with Crippen LogP contribution in [0.15, 0.2) is 45.7 Å². The summed E-state index contributed by atoms with van der Waals surface area (Å²) in [5.41, 5.74) is 2.76. The van der Waals surface area contributed by atoms with Gasteiger partial charge in [0.25, 0.3) is 0 Å². The summed E-state index contributed by atoms with van der Waals surface area (Å²) in [5.74, 6) is 0. The first-order valence-electron chi connectivity index (χ1n) is 3.59.